The normalized spacial score (nSPS) is 16.7. The topological polar surface area (TPSA) is 101 Å². The van der Waals surface area contributed by atoms with Gasteiger partial charge in [-0.3, -0.25) is 19.1 Å². The number of fused-ring (bicyclic) bond motifs is 3. The molecular formula is C24H25N7O. The molecule has 3 aromatic heterocycles. The quantitative estimate of drug-likeness (QED) is 0.425. The maximum absolute atomic E-state index is 13.1. The van der Waals surface area contributed by atoms with E-state index in [0.29, 0.717) is 5.57 Å². The summed E-state index contributed by atoms with van der Waals surface area (Å²) in [5.74, 6) is 0. The molecule has 0 aliphatic carbocycles. The van der Waals surface area contributed by atoms with Crippen molar-refractivity contribution in [3.8, 4) is 11.1 Å². The van der Waals surface area contributed by atoms with Crippen LogP contribution in [0.25, 0.3) is 38.6 Å². The summed E-state index contributed by atoms with van der Waals surface area (Å²) in [6.07, 6.45) is 7.57. The summed E-state index contributed by atoms with van der Waals surface area (Å²) in [6.45, 7) is 1.71. The highest BCUT2D eigenvalue weighted by Crippen LogP contribution is 2.30. The highest BCUT2D eigenvalue weighted by Gasteiger charge is 2.24. The zero-order valence-electron chi connectivity index (χ0n) is 18.1. The molecule has 4 aromatic rings. The van der Waals surface area contributed by atoms with E-state index >= 15 is 0 Å². The number of rotatable bonds is 5. The lowest BCUT2D eigenvalue weighted by Gasteiger charge is -2.12. The first-order chi connectivity index (χ1) is 15.6. The molecular weight excluding hydrogens is 402 g/mol. The third-order valence-electron chi connectivity index (χ3n) is 6.16. The Bertz CT molecular complexity index is 1410. The van der Waals surface area contributed by atoms with Crippen molar-refractivity contribution in [2.75, 3.05) is 20.1 Å². The maximum atomic E-state index is 13.1. The van der Waals surface area contributed by atoms with Gasteiger partial charge in [-0.15, -0.1) is 0 Å². The fourth-order valence-corrected chi connectivity index (χ4v) is 4.49. The number of allylic oxidation sites excluding steroid dienone is 1. The molecule has 4 heterocycles. The van der Waals surface area contributed by atoms with Crippen LogP contribution in [0.4, 0.5) is 0 Å². The Morgan fingerprint density at radius 3 is 2.75 bits per heavy atom. The summed E-state index contributed by atoms with van der Waals surface area (Å²) >= 11 is 0. The summed E-state index contributed by atoms with van der Waals surface area (Å²) in [7, 11) is 3.61. The molecule has 1 saturated heterocycles. The van der Waals surface area contributed by atoms with Crippen LogP contribution in [0.3, 0.4) is 0 Å². The number of benzene rings is 1. The molecule has 0 unspecified atom stereocenters. The second-order valence-corrected chi connectivity index (χ2v) is 8.05. The number of nitrogens with one attached hydrogen (secondary N) is 3. The standard InChI is InChI=1S/C24H25N7O/c1-26-11-17(10-25)20-5-4-16(12-28-20)15-3-6-21-19(9-15)23-22(14-29-21)30(2)24(32)31(23)18-7-8-27-13-18/h3-6,9-12,14,18,25-27H,7-8,13H2,1-2H3/b17-11+,25-10?/t18-/m0/s1. The molecule has 3 N–H and O–H groups in total. The predicted octanol–water partition coefficient (Wildman–Crippen LogP) is 2.69. The molecule has 0 saturated carbocycles. The van der Waals surface area contributed by atoms with Crippen molar-refractivity contribution in [3.63, 3.8) is 0 Å². The summed E-state index contributed by atoms with van der Waals surface area (Å²) in [6, 6.07) is 10.2. The predicted molar refractivity (Wildman–Crippen MR) is 128 cm³/mol. The number of nitrogens with zero attached hydrogens (tertiary/aromatic N) is 4. The van der Waals surface area contributed by atoms with E-state index in [9.17, 15) is 4.79 Å². The number of aromatic nitrogens is 4. The average Bonchev–Trinajstić information content (AvgIpc) is 3.44. The molecule has 0 radical (unpaired) electrons. The van der Waals surface area contributed by atoms with Gasteiger partial charge >= 0.3 is 5.69 Å². The first-order valence-corrected chi connectivity index (χ1v) is 10.7. The first-order valence-electron chi connectivity index (χ1n) is 10.7. The van der Waals surface area contributed by atoms with Gasteiger partial charge < -0.3 is 16.0 Å². The van der Waals surface area contributed by atoms with Crippen molar-refractivity contribution in [2.24, 2.45) is 7.05 Å². The fraction of sp³-hybridized carbons (Fsp3) is 0.250. The fourth-order valence-electron chi connectivity index (χ4n) is 4.49. The van der Waals surface area contributed by atoms with Crippen molar-refractivity contribution < 1.29 is 0 Å². The van der Waals surface area contributed by atoms with Gasteiger partial charge in [-0.25, -0.2) is 4.79 Å². The number of pyridine rings is 2. The van der Waals surface area contributed by atoms with E-state index in [1.165, 1.54) is 6.21 Å². The highest BCUT2D eigenvalue weighted by molar-refractivity contribution is 6.07. The minimum Gasteiger partial charge on any atom is -0.393 e. The Kier molecular flexibility index (Phi) is 5.07. The van der Waals surface area contributed by atoms with Crippen LogP contribution in [-0.4, -0.2) is 45.5 Å². The molecule has 162 valence electrons. The number of hydrogen-bond acceptors (Lipinski definition) is 6. The first kappa shape index (κ1) is 20.1. The Labute approximate surface area is 185 Å². The molecule has 0 spiro atoms. The van der Waals surface area contributed by atoms with E-state index in [2.05, 4.69) is 26.7 Å². The molecule has 1 aliphatic rings. The molecule has 0 bridgehead atoms. The van der Waals surface area contributed by atoms with Crippen molar-refractivity contribution in [3.05, 3.63) is 65.1 Å². The van der Waals surface area contributed by atoms with Crippen LogP contribution in [0.15, 0.2) is 53.7 Å². The van der Waals surface area contributed by atoms with Gasteiger partial charge in [0.2, 0.25) is 0 Å². The lowest BCUT2D eigenvalue weighted by Crippen LogP contribution is -2.27. The van der Waals surface area contributed by atoms with Crippen molar-refractivity contribution in [1.29, 1.82) is 5.41 Å². The van der Waals surface area contributed by atoms with E-state index < -0.39 is 0 Å². The van der Waals surface area contributed by atoms with Gasteiger partial charge in [0.25, 0.3) is 0 Å². The van der Waals surface area contributed by atoms with Crippen molar-refractivity contribution >= 4 is 33.7 Å². The van der Waals surface area contributed by atoms with E-state index in [-0.39, 0.29) is 11.7 Å². The largest absolute Gasteiger partial charge is 0.393 e. The molecule has 8 heteroatoms. The highest BCUT2D eigenvalue weighted by atomic mass is 16.1. The number of aryl methyl sites for hydroxylation is 1. The Balaban J connectivity index is 1.67. The molecule has 1 atom stereocenters. The molecule has 0 amide bonds. The van der Waals surface area contributed by atoms with Gasteiger partial charge in [0.05, 0.1) is 34.5 Å². The van der Waals surface area contributed by atoms with E-state index in [1.54, 1.807) is 24.0 Å². The Morgan fingerprint density at radius 1 is 1.22 bits per heavy atom. The molecule has 1 aliphatic heterocycles. The summed E-state index contributed by atoms with van der Waals surface area (Å²) in [5.41, 5.74) is 6.05. The number of hydrogen-bond donors (Lipinski definition) is 3. The van der Waals surface area contributed by atoms with E-state index in [4.69, 9.17) is 5.41 Å². The van der Waals surface area contributed by atoms with Gasteiger partial charge in [-0.1, -0.05) is 12.1 Å². The molecule has 8 nitrogen and oxygen atoms in total. The average molecular weight is 428 g/mol. The number of imidazole rings is 1. The lowest BCUT2D eigenvalue weighted by molar-refractivity contribution is 0.536. The minimum atomic E-state index is -0.00471. The second kappa shape index (κ2) is 8.05. The smallest absolute Gasteiger partial charge is 0.329 e. The summed E-state index contributed by atoms with van der Waals surface area (Å²) in [5, 5.41) is 14.9. The molecule has 32 heavy (non-hydrogen) atoms. The summed E-state index contributed by atoms with van der Waals surface area (Å²) < 4.78 is 3.62. The monoisotopic (exact) mass is 427 g/mol. The van der Waals surface area contributed by atoms with Crippen LogP contribution in [0.2, 0.25) is 0 Å². The zero-order chi connectivity index (χ0) is 22.2. The van der Waals surface area contributed by atoms with Crippen molar-refractivity contribution in [2.45, 2.75) is 12.5 Å². The third kappa shape index (κ3) is 3.20. The zero-order valence-corrected chi connectivity index (χ0v) is 18.1. The van der Waals surface area contributed by atoms with Gasteiger partial charge in [0.1, 0.15) is 0 Å². The minimum absolute atomic E-state index is 0.00471. The van der Waals surface area contributed by atoms with Crippen molar-refractivity contribution in [1.82, 2.24) is 29.7 Å². The van der Waals surface area contributed by atoms with Gasteiger partial charge in [0, 0.05) is 55.8 Å². The Hall–Kier alpha value is -3.78. The van der Waals surface area contributed by atoms with Gasteiger partial charge in [-0.05, 0) is 36.7 Å². The van der Waals surface area contributed by atoms with E-state index in [0.717, 1.165) is 58.3 Å². The van der Waals surface area contributed by atoms with Crippen LogP contribution in [0.5, 0.6) is 0 Å². The molecule has 1 aromatic carbocycles. The maximum Gasteiger partial charge on any atom is 0.329 e. The van der Waals surface area contributed by atoms with Crippen LogP contribution < -0.4 is 16.3 Å². The molecule has 5 rings (SSSR count). The SMILES string of the molecule is CN/C=C(\C=N)c1ccc(-c2ccc3ncc4c(c3c2)n([C@H]2CCNC2)c(=O)n4C)cn1. The van der Waals surface area contributed by atoms with E-state index in [1.807, 2.05) is 42.1 Å². The van der Waals surface area contributed by atoms with Gasteiger partial charge in [0.15, 0.2) is 0 Å². The van der Waals surface area contributed by atoms with Gasteiger partial charge in [-0.2, -0.15) is 0 Å². The summed E-state index contributed by atoms with van der Waals surface area (Å²) in [4.78, 5) is 22.2. The van der Waals surface area contributed by atoms with Crippen LogP contribution in [0, 0.1) is 5.41 Å². The second-order valence-electron chi connectivity index (χ2n) is 8.05. The third-order valence-corrected chi connectivity index (χ3v) is 6.16. The lowest BCUT2D eigenvalue weighted by atomic mass is 10.0. The van der Waals surface area contributed by atoms with Crippen LogP contribution >= 0.6 is 0 Å². The molecule has 1 fully saturated rings. The van der Waals surface area contributed by atoms with Crippen LogP contribution in [0.1, 0.15) is 18.2 Å². The Morgan fingerprint density at radius 2 is 2.06 bits per heavy atom. The van der Waals surface area contributed by atoms with Crippen LogP contribution in [-0.2, 0) is 7.05 Å².